The number of methoxy groups -OCH3 is 1. The van der Waals surface area contributed by atoms with Crippen molar-refractivity contribution in [1.29, 1.82) is 0 Å². The quantitative estimate of drug-likeness (QED) is 0.334. The molecule has 5 rings (SSSR count). The highest BCUT2D eigenvalue weighted by Crippen LogP contribution is 2.67. The number of fused-ring (bicyclic) bond motifs is 1. The molecule has 1 N–H and O–H groups in total. The van der Waals surface area contributed by atoms with Crippen LogP contribution in [-0.2, 0) is 14.4 Å². The number of benzene rings is 2. The summed E-state index contributed by atoms with van der Waals surface area (Å²) in [5, 5.41) is 10.1. The highest BCUT2D eigenvalue weighted by molar-refractivity contribution is 8.02. The molecular weight excluding hydrogens is 578 g/mol. The van der Waals surface area contributed by atoms with Gasteiger partial charge in [-0.2, -0.15) is 0 Å². The predicted molar refractivity (Wildman–Crippen MR) is 173 cm³/mol. The smallest absolute Gasteiger partial charge is 0.251 e. The summed E-state index contributed by atoms with van der Waals surface area (Å²) in [7, 11) is 1.58. The van der Waals surface area contributed by atoms with Gasteiger partial charge in [0.15, 0.2) is 0 Å². The lowest BCUT2D eigenvalue weighted by Crippen LogP contribution is -2.57. The summed E-state index contributed by atoms with van der Waals surface area (Å²) < 4.78 is 10.1. The molecule has 2 bridgehead atoms. The maximum absolute atomic E-state index is 14.6. The van der Waals surface area contributed by atoms with Crippen molar-refractivity contribution in [2.24, 2.45) is 11.8 Å². The summed E-state index contributed by atoms with van der Waals surface area (Å²) >= 11 is 1.60. The summed E-state index contributed by atoms with van der Waals surface area (Å²) in [6.07, 6.45) is 4.67. The van der Waals surface area contributed by atoms with Gasteiger partial charge in [0.2, 0.25) is 11.8 Å². The minimum Gasteiger partial charge on any atom is -0.497 e. The van der Waals surface area contributed by atoms with Crippen LogP contribution in [0.5, 0.6) is 11.5 Å². The molecule has 0 saturated carbocycles. The fourth-order valence-corrected chi connectivity index (χ4v) is 9.29. The average molecular weight is 620 g/mol. The summed E-state index contributed by atoms with van der Waals surface area (Å²) in [6.45, 7) is 12.2. The van der Waals surface area contributed by atoms with Crippen molar-refractivity contribution in [2.45, 2.75) is 48.8 Å². The monoisotopic (exact) mass is 619 g/mol. The lowest BCUT2D eigenvalue weighted by molar-refractivity contribution is -0.141. The minimum absolute atomic E-state index is 0.109. The maximum atomic E-state index is 14.6. The second kappa shape index (κ2) is 13.1. The van der Waals surface area contributed by atoms with Crippen LogP contribution in [0, 0.1) is 11.8 Å². The van der Waals surface area contributed by atoms with Gasteiger partial charge in [-0.3, -0.25) is 14.4 Å². The van der Waals surface area contributed by atoms with Crippen LogP contribution >= 0.6 is 11.8 Å². The molecule has 234 valence electrons. The summed E-state index contributed by atoms with van der Waals surface area (Å²) in [4.78, 5) is 48.4. The number of carbonyl (C=O) groups excluding carboxylic acids is 3. The Balaban J connectivity index is 1.53. The normalized spacial score (nSPS) is 25.7. The number of anilines is 2. The van der Waals surface area contributed by atoms with E-state index in [-0.39, 0.29) is 42.7 Å². The molecule has 1 spiro atoms. The van der Waals surface area contributed by atoms with Gasteiger partial charge in [0.05, 0.1) is 42.9 Å². The molecule has 10 heteroatoms. The molecule has 0 aromatic heterocycles. The van der Waals surface area contributed by atoms with E-state index in [0.717, 1.165) is 0 Å². The Morgan fingerprint density at radius 1 is 1.05 bits per heavy atom. The van der Waals surface area contributed by atoms with Crippen LogP contribution in [0.2, 0.25) is 0 Å². The third-order valence-electron chi connectivity index (χ3n) is 9.00. The van der Waals surface area contributed by atoms with Crippen LogP contribution in [0.1, 0.15) is 26.7 Å². The average Bonchev–Trinajstić information content (AvgIpc) is 3.69. The van der Waals surface area contributed by atoms with Gasteiger partial charge < -0.3 is 29.3 Å². The van der Waals surface area contributed by atoms with Crippen molar-refractivity contribution in [3.8, 4) is 11.5 Å². The van der Waals surface area contributed by atoms with E-state index in [4.69, 9.17) is 9.47 Å². The van der Waals surface area contributed by atoms with Crippen LogP contribution in [0.3, 0.4) is 0 Å². The number of likely N-dealkylation sites (tertiary alicyclic amines) is 1. The minimum atomic E-state index is -0.852. The van der Waals surface area contributed by atoms with E-state index in [1.807, 2.05) is 43.3 Å². The van der Waals surface area contributed by atoms with Crippen molar-refractivity contribution >= 4 is 40.9 Å². The van der Waals surface area contributed by atoms with Gasteiger partial charge >= 0.3 is 0 Å². The van der Waals surface area contributed by atoms with E-state index in [9.17, 15) is 19.5 Å². The fourth-order valence-electron chi connectivity index (χ4n) is 7.10. The van der Waals surface area contributed by atoms with Crippen molar-refractivity contribution in [2.75, 3.05) is 43.2 Å². The molecule has 3 heterocycles. The summed E-state index contributed by atoms with van der Waals surface area (Å²) in [5.41, 5.74) is 1.34. The Kier molecular flexibility index (Phi) is 9.41. The van der Waals surface area contributed by atoms with E-state index in [2.05, 4.69) is 13.2 Å². The van der Waals surface area contributed by atoms with Gasteiger partial charge in [0.1, 0.15) is 17.5 Å². The first-order valence-corrected chi connectivity index (χ1v) is 16.0. The molecule has 3 aliphatic heterocycles. The van der Waals surface area contributed by atoms with E-state index in [1.54, 1.807) is 64.8 Å². The van der Waals surface area contributed by atoms with Gasteiger partial charge in [0.25, 0.3) is 5.91 Å². The zero-order chi connectivity index (χ0) is 31.6. The number of thioether (sulfide) groups is 1. The second-order valence-electron chi connectivity index (χ2n) is 11.4. The topological polar surface area (TPSA) is 99.6 Å². The van der Waals surface area contributed by atoms with Crippen LogP contribution < -0.4 is 19.3 Å². The molecular formula is C34H41N3O6S. The Labute approximate surface area is 263 Å². The number of aliphatic hydroxyl groups is 1. The van der Waals surface area contributed by atoms with Gasteiger partial charge in [-0.15, -0.1) is 24.9 Å². The molecule has 6 atom stereocenters. The van der Waals surface area contributed by atoms with Gasteiger partial charge in [-0.1, -0.05) is 12.2 Å². The Morgan fingerprint density at radius 3 is 2.14 bits per heavy atom. The van der Waals surface area contributed by atoms with Crippen LogP contribution in [0.4, 0.5) is 11.4 Å². The number of nitrogens with zero attached hydrogens (tertiary/aromatic N) is 3. The highest BCUT2D eigenvalue weighted by atomic mass is 32.2. The molecule has 0 aliphatic carbocycles. The number of aliphatic hydroxyl groups excluding tert-OH is 1. The third kappa shape index (κ3) is 5.28. The zero-order valence-electron chi connectivity index (χ0n) is 25.6. The van der Waals surface area contributed by atoms with Gasteiger partial charge in [0, 0.05) is 29.7 Å². The fraction of sp³-hybridized carbons (Fsp3) is 0.441. The number of amides is 3. The molecule has 3 aliphatic rings. The van der Waals surface area contributed by atoms with E-state index < -0.39 is 28.7 Å². The largest absolute Gasteiger partial charge is 0.497 e. The predicted octanol–water partition coefficient (Wildman–Crippen LogP) is 4.30. The first-order chi connectivity index (χ1) is 21.3. The molecule has 3 saturated heterocycles. The molecule has 2 aromatic carbocycles. The van der Waals surface area contributed by atoms with Crippen LogP contribution in [-0.4, -0.2) is 83.2 Å². The first kappa shape index (κ1) is 31.7. The Bertz CT molecular complexity index is 1400. The lowest BCUT2D eigenvalue weighted by atomic mass is 9.70. The van der Waals surface area contributed by atoms with E-state index >= 15 is 0 Å². The molecule has 2 unspecified atom stereocenters. The zero-order valence-corrected chi connectivity index (χ0v) is 26.4. The molecule has 44 heavy (non-hydrogen) atoms. The first-order valence-electron chi connectivity index (χ1n) is 15.1. The van der Waals surface area contributed by atoms with Crippen LogP contribution in [0.15, 0.2) is 73.8 Å². The van der Waals surface area contributed by atoms with Crippen LogP contribution in [0.25, 0.3) is 0 Å². The molecule has 9 nitrogen and oxygen atoms in total. The second-order valence-corrected chi connectivity index (χ2v) is 13.0. The Hall–Kier alpha value is -3.76. The molecule has 0 radical (unpaired) electrons. The summed E-state index contributed by atoms with van der Waals surface area (Å²) in [6, 6.07) is 13.1. The molecule has 2 aromatic rings. The molecule has 3 amide bonds. The summed E-state index contributed by atoms with van der Waals surface area (Å²) in [5.74, 6) is -0.606. The highest BCUT2D eigenvalue weighted by Gasteiger charge is 2.74. The maximum Gasteiger partial charge on any atom is 0.251 e. The van der Waals surface area contributed by atoms with Crippen molar-refractivity contribution in [1.82, 2.24) is 4.90 Å². The van der Waals surface area contributed by atoms with Crippen molar-refractivity contribution < 1.29 is 29.0 Å². The number of ether oxygens (including phenoxy) is 2. The van der Waals surface area contributed by atoms with E-state index in [0.29, 0.717) is 42.3 Å². The number of hydrogen-bond donors (Lipinski definition) is 1. The van der Waals surface area contributed by atoms with Crippen molar-refractivity contribution in [3.63, 3.8) is 0 Å². The number of rotatable bonds is 13. The number of carbonyl (C=O) groups is 3. The SMILES string of the molecule is C=CCN(C(=O)C1N([C@H](C)CO)C(=O)[C@@H]2[C@H](C(=O)N(CC=C)c3ccc(OCC)cc3)[C@@H]3CCC12S3)c1ccc(OC)cc1. The standard InChI is InChI=1S/C34H41N3O6S/c1-6-19-35(23-11-15-26(16-12-23)43-8-3)31(39)28-27-17-18-34(44-27)29(28)32(40)37(22(4)21-38)30(34)33(41)36(20-7-2)24-9-13-25(42-5)14-10-24/h6-7,9-16,22,27-30,38H,1-2,8,17-21H2,3-5H3/t22-,27+,28-,29+,30?,34?/m1/s1. The lowest BCUT2D eigenvalue weighted by Gasteiger charge is -2.39. The van der Waals surface area contributed by atoms with Crippen molar-refractivity contribution in [3.05, 3.63) is 73.8 Å². The third-order valence-corrected chi connectivity index (χ3v) is 10.9. The van der Waals surface area contributed by atoms with E-state index in [1.165, 1.54) is 0 Å². The van der Waals surface area contributed by atoms with Gasteiger partial charge in [-0.05, 0) is 75.2 Å². The van der Waals surface area contributed by atoms with Gasteiger partial charge in [-0.25, -0.2) is 0 Å². The molecule has 3 fully saturated rings. The Morgan fingerprint density at radius 2 is 1.61 bits per heavy atom. The number of hydrogen-bond acceptors (Lipinski definition) is 7.